The Hall–Kier alpha value is -1.47. The van der Waals surface area contributed by atoms with Crippen molar-refractivity contribution < 1.29 is 0 Å². The molecule has 2 rings (SSSR count). The molecule has 2 aliphatic heterocycles. The van der Waals surface area contributed by atoms with E-state index in [1.54, 1.807) is 0 Å². The molecule has 0 aliphatic carbocycles. The van der Waals surface area contributed by atoms with Crippen LogP contribution in [0.25, 0.3) is 0 Å². The summed E-state index contributed by atoms with van der Waals surface area (Å²) in [6.45, 7) is 2.73. The van der Waals surface area contributed by atoms with Crippen molar-refractivity contribution in [1.82, 2.24) is 15.3 Å². The number of allylic oxidation sites excluding steroid dienone is 4. The Kier molecular flexibility index (Phi) is 4.72. The van der Waals surface area contributed by atoms with Gasteiger partial charge in [-0.25, -0.2) is 10.0 Å². The second-order valence-electron chi connectivity index (χ2n) is 4.94. The number of hydrogen-bond acceptors (Lipinski definition) is 6. The highest BCUT2D eigenvalue weighted by atomic mass is 79.9. The van der Waals surface area contributed by atoms with E-state index in [2.05, 4.69) is 37.3 Å². The first-order chi connectivity index (χ1) is 9.47. The maximum absolute atomic E-state index is 5.59. The number of halogens is 1. The third-order valence-electron chi connectivity index (χ3n) is 3.25. The molecule has 0 radical (unpaired) electrons. The van der Waals surface area contributed by atoms with Gasteiger partial charge in [-0.05, 0) is 37.5 Å². The second kappa shape index (κ2) is 6.32. The average molecular weight is 341 g/mol. The van der Waals surface area contributed by atoms with E-state index in [1.165, 1.54) is 0 Å². The smallest absolute Gasteiger partial charge is 0.122 e. The number of hydrazine groups is 1. The molecule has 0 bridgehead atoms. The van der Waals surface area contributed by atoms with Crippen molar-refractivity contribution in [2.75, 3.05) is 13.6 Å². The Morgan fingerprint density at radius 1 is 1.55 bits per heavy atom. The highest BCUT2D eigenvalue weighted by molar-refractivity contribution is 9.09. The standard InChI is InChI=1S/C13H21BrN6/c1-9(13(15)16)6-10-4-3-5-12(18-10)20-8-17-11(14)7-19(20)2/h5-6,8,11,18H,3-4,7,15-16H2,1-2H3/b10-6+. The lowest BCUT2D eigenvalue weighted by Gasteiger charge is -2.37. The van der Waals surface area contributed by atoms with Crippen LogP contribution in [0.1, 0.15) is 19.8 Å². The number of nitrogens with two attached hydrogens (primary N) is 2. The molecule has 1 unspecified atom stereocenters. The van der Waals surface area contributed by atoms with Gasteiger partial charge in [0.15, 0.2) is 0 Å². The number of aliphatic imine (C=N–C) groups is 1. The number of alkyl halides is 1. The molecule has 2 aliphatic rings. The van der Waals surface area contributed by atoms with Crippen LogP contribution in [-0.4, -0.2) is 34.9 Å². The normalized spacial score (nSPS) is 25.4. The zero-order valence-electron chi connectivity index (χ0n) is 11.8. The lowest BCUT2D eigenvalue weighted by atomic mass is 10.1. The molecule has 1 atom stereocenters. The van der Waals surface area contributed by atoms with E-state index in [-0.39, 0.29) is 4.95 Å². The Bertz CT molecular complexity index is 489. The lowest BCUT2D eigenvalue weighted by Crippen LogP contribution is -2.48. The molecule has 2 heterocycles. The molecule has 0 spiro atoms. The van der Waals surface area contributed by atoms with Crippen LogP contribution < -0.4 is 16.8 Å². The van der Waals surface area contributed by atoms with E-state index in [0.717, 1.165) is 36.5 Å². The molecule has 0 saturated carbocycles. The Labute approximate surface area is 128 Å². The van der Waals surface area contributed by atoms with Gasteiger partial charge in [-0.2, -0.15) is 0 Å². The van der Waals surface area contributed by atoms with Crippen LogP contribution in [0.15, 0.2) is 40.1 Å². The summed E-state index contributed by atoms with van der Waals surface area (Å²) in [5, 5.41) is 7.52. The van der Waals surface area contributed by atoms with Gasteiger partial charge in [-0.15, -0.1) is 0 Å². The highest BCUT2D eigenvalue weighted by Gasteiger charge is 2.22. The fourth-order valence-electron chi connectivity index (χ4n) is 2.07. The van der Waals surface area contributed by atoms with Gasteiger partial charge in [-0.1, -0.05) is 15.9 Å². The minimum atomic E-state index is 0.144. The first kappa shape index (κ1) is 14.9. The minimum absolute atomic E-state index is 0.144. The maximum Gasteiger partial charge on any atom is 0.122 e. The molecule has 0 aromatic carbocycles. The molecule has 6 nitrogen and oxygen atoms in total. The van der Waals surface area contributed by atoms with Gasteiger partial charge in [0.1, 0.15) is 17.1 Å². The fraction of sp³-hybridized carbons (Fsp3) is 0.462. The second-order valence-corrected chi connectivity index (χ2v) is 6.00. The average Bonchev–Trinajstić information content (AvgIpc) is 2.38. The number of hydrogen-bond donors (Lipinski definition) is 3. The molecule has 5 N–H and O–H groups in total. The molecule has 0 aromatic heterocycles. The summed E-state index contributed by atoms with van der Waals surface area (Å²) in [4.78, 5) is 4.52. The summed E-state index contributed by atoms with van der Waals surface area (Å²) in [7, 11) is 2.03. The first-order valence-corrected chi connectivity index (χ1v) is 7.46. The summed E-state index contributed by atoms with van der Waals surface area (Å²) in [5.74, 6) is 1.37. The fourth-order valence-corrected chi connectivity index (χ4v) is 2.59. The molecule has 20 heavy (non-hydrogen) atoms. The zero-order chi connectivity index (χ0) is 14.7. The number of likely N-dealkylation sites (N-methyl/N-ethyl adjacent to an activating group) is 1. The summed E-state index contributed by atoms with van der Waals surface area (Å²) in [5.41, 5.74) is 13.2. The Morgan fingerprint density at radius 2 is 2.30 bits per heavy atom. The van der Waals surface area contributed by atoms with Gasteiger partial charge in [0.25, 0.3) is 0 Å². The number of nitrogens with one attached hydrogen (secondary N) is 1. The van der Waals surface area contributed by atoms with Gasteiger partial charge in [0.05, 0.1) is 12.4 Å². The SMILES string of the molecule is CC(/C=C1\CCC=C(N2C=NC(Br)CN2C)N1)=C(N)N. The van der Waals surface area contributed by atoms with E-state index in [0.29, 0.717) is 5.82 Å². The van der Waals surface area contributed by atoms with Crippen molar-refractivity contribution in [2.24, 2.45) is 16.5 Å². The Balaban J connectivity index is 2.13. The van der Waals surface area contributed by atoms with Crippen LogP contribution in [-0.2, 0) is 0 Å². The first-order valence-electron chi connectivity index (χ1n) is 6.54. The summed E-state index contributed by atoms with van der Waals surface area (Å²) in [6, 6.07) is 0. The van der Waals surface area contributed by atoms with Crippen molar-refractivity contribution >= 4 is 22.3 Å². The van der Waals surface area contributed by atoms with Crippen LogP contribution in [0, 0.1) is 0 Å². The van der Waals surface area contributed by atoms with E-state index in [1.807, 2.05) is 31.4 Å². The monoisotopic (exact) mass is 340 g/mol. The third kappa shape index (κ3) is 3.55. The Morgan fingerprint density at radius 3 is 2.95 bits per heavy atom. The molecule has 0 fully saturated rings. The largest absolute Gasteiger partial charge is 0.385 e. The van der Waals surface area contributed by atoms with Crippen LogP contribution in [0.4, 0.5) is 0 Å². The predicted octanol–water partition coefficient (Wildman–Crippen LogP) is 1.16. The van der Waals surface area contributed by atoms with Crippen molar-refractivity contribution in [3.8, 4) is 0 Å². The third-order valence-corrected chi connectivity index (χ3v) is 3.78. The van der Waals surface area contributed by atoms with Crippen LogP contribution >= 0.6 is 15.9 Å². The van der Waals surface area contributed by atoms with Crippen LogP contribution in [0.3, 0.4) is 0 Å². The number of rotatable bonds is 2. The summed E-state index contributed by atoms with van der Waals surface area (Å²) >= 11 is 3.49. The molecular formula is C13H21BrN6. The zero-order valence-corrected chi connectivity index (χ0v) is 13.4. The van der Waals surface area contributed by atoms with Crippen molar-refractivity contribution in [3.05, 3.63) is 35.1 Å². The minimum Gasteiger partial charge on any atom is -0.385 e. The van der Waals surface area contributed by atoms with Gasteiger partial charge < -0.3 is 16.8 Å². The van der Waals surface area contributed by atoms with Crippen molar-refractivity contribution in [2.45, 2.75) is 24.7 Å². The van der Waals surface area contributed by atoms with Gasteiger partial charge in [-0.3, -0.25) is 4.99 Å². The van der Waals surface area contributed by atoms with Crippen LogP contribution in [0.2, 0.25) is 0 Å². The quantitative estimate of drug-likeness (QED) is 0.519. The topological polar surface area (TPSA) is 82.9 Å². The predicted molar refractivity (Wildman–Crippen MR) is 85.3 cm³/mol. The van der Waals surface area contributed by atoms with Gasteiger partial charge in [0, 0.05) is 12.7 Å². The lowest BCUT2D eigenvalue weighted by molar-refractivity contribution is 0.102. The molecule has 7 heteroatoms. The van der Waals surface area contributed by atoms with E-state index < -0.39 is 0 Å². The van der Waals surface area contributed by atoms with Crippen molar-refractivity contribution in [1.29, 1.82) is 0 Å². The maximum atomic E-state index is 5.59. The summed E-state index contributed by atoms with van der Waals surface area (Å²) < 4.78 is 0. The van der Waals surface area contributed by atoms with E-state index in [9.17, 15) is 0 Å². The van der Waals surface area contributed by atoms with E-state index in [4.69, 9.17) is 11.5 Å². The van der Waals surface area contributed by atoms with Gasteiger partial charge >= 0.3 is 0 Å². The molecule has 110 valence electrons. The van der Waals surface area contributed by atoms with Gasteiger partial charge in [0.2, 0.25) is 0 Å². The highest BCUT2D eigenvalue weighted by Crippen LogP contribution is 2.20. The van der Waals surface area contributed by atoms with E-state index >= 15 is 0 Å². The van der Waals surface area contributed by atoms with Crippen LogP contribution in [0.5, 0.6) is 0 Å². The number of nitrogens with zero attached hydrogens (tertiary/aromatic N) is 3. The molecule has 0 amide bonds. The molecule has 0 saturated heterocycles. The summed E-state index contributed by atoms with van der Waals surface area (Å²) in [6.07, 6.45) is 7.91. The molecular weight excluding hydrogens is 320 g/mol. The van der Waals surface area contributed by atoms with Crippen molar-refractivity contribution in [3.63, 3.8) is 0 Å². The molecule has 0 aromatic rings.